The Morgan fingerprint density at radius 1 is 0.826 bits per heavy atom. The maximum Gasteiger partial charge on any atom is 0.0824 e. The fraction of sp³-hybridized carbons (Fsp3) is 0.429. The molecule has 2 heteroatoms. The van der Waals surface area contributed by atoms with Gasteiger partial charge in [0.15, 0.2) is 0 Å². The summed E-state index contributed by atoms with van der Waals surface area (Å²) in [5, 5.41) is 0. The molecular formula is C21H28OS. The highest BCUT2D eigenvalue weighted by atomic mass is 32.2. The predicted octanol–water partition coefficient (Wildman–Crippen LogP) is 6.89. The highest BCUT2D eigenvalue weighted by Crippen LogP contribution is 2.30. The highest BCUT2D eigenvalue weighted by molar-refractivity contribution is 7.99. The molecule has 0 bridgehead atoms. The number of ether oxygens (including phenoxy) is 1. The number of unbranched alkanes of at least 4 members (excludes halogenated alkanes) is 2. The lowest BCUT2D eigenvalue weighted by Gasteiger charge is -2.18. The van der Waals surface area contributed by atoms with Crippen LogP contribution in [0.15, 0.2) is 64.4 Å². The average molecular weight is 329 g/mol. The van der Waals surface area contributed by atoms with Gasteiger partial charge in [-0.3, -0.25) is 0 Å². The number of benzene rings is 2. The summed E-state index contributed by atoms with van der Waals surface area (Å²) >= 11 is 1.81. The van der Waals surface area contributed by atoms with E-state index in [4.69, 9.17) is 4.74 Å². The molecule has 0 aliphatic rings. The molecular weight excluding hydrogens is 300 g/mol. The van der Waals surface area contributed by atoms with E-state index in [0.717, 1.165) is 19.4 Å². The predicted molar refractivity (Wildman–Crippen MR) is 100 cm³/mol. The van der Waals surface area contributed by atoms with Crippen LogP contribution in [0, 0.1) is 0 Å². The van der Waals surface area contributed by atoms with Gasteiger partial charge in [0, 0.05) is 16.4 Å². The molecule has 0 aliphatic carbocycles. The Labute approximate surface area is 145 Å². The summed E-state index contributed by atoms with van der Waals surface area (Å²) in [5.41, 5.74) is 1.31. The third-order valence-electron chi connectivity index (χ3n) is 3.85. The zero-order valence-electron chi connectivity index (χ0n) is 14.3. The normalized spacial score (nSPS) is 12.3. The van der Waals surface area contributed by atoms with Crippen molar-refractivity contribution in [3.05, 3.63) is 60.2 Å². The summed E-state index contributed by atoms with van der Waals surface area (Å²) in [4.78, 5) is 2.56. The molecule has 0 N–H and O–H groups in total. The molecule has 0 aromatic heterocycles. The van der Waals surface area contributed by atoms with E-state index in [1.807, 2.05) is 0 Å². The van der Waals surface area contributed by atoms with E-state index in [9.17, 15) is 0 Å². The van der Waals surface area contributed by atoms with Crippen LogP contribution in [0.25, 0.3) is 0 Å². The van der Waals surface area contributed by atoms with Gasteiger partial charge in [-0.25, -0.2) is 0 Å². The van der Waals surface area contributed by atoms with E-state index in [0.29, 0.717) is 0 Å². The largest absolute Gasteiger partial charge is 0.374 e. The van der Waals surface area contributed by atoms with Gasteiger partial charge >= 0.3 is 0 Å². The summed E-state index contributed by atoms with van der Waals surface area (Å²) in [6, 6.07) is 19.4. The van der Waals surface area contributed by atoms with Crippen LogP contribution in [0.5, 0.6) is 0 Å². The first-order valence-electron chi connectivity index (χ1n) is 8.78. The summed E-state index contributed by atoms with van der Waals surface area (Å²) in [5.74, 6) is 0. The molecule has 0 radical (unpaired) electrons. The van der Waals surface area contributed by atoms with E-state index < -0.39 is 0 Å². The maximum atomic E-state index is 6.12. The first-order chi connectivity index (χ1) is 11.3. The Morgan fingerprint density at radius 3 is 2.17 bits per heavy atom. The quantitative estimate of drug-likeness (QED) is 0.439. The number of hydrogen-bond acceptors (Lipinski definition) is 2. The topological polar surface area (TPSA) is 9.23 Å². The van der Waals surface area contributed by atoms with Crippen LogP contribution in [-0.4, -0.2) is 6.61 Å². The Hall–Kier alpha value is -1.25. The van der Waals surface area contributed by atoms with Crippen molar-refractivity contribution in [3.8, 4) is 0 Å². The minimum absolute atomic E-state index is 0.243. The Morgan fingerprint density at radius 2 is 1.52 bits per heavy atom. The van der Waals surface area contributed by atoms with Gasteiger partial charge < -0.3 is 4.74 Å². The molecule has 23 heavy (non-hydrogen) atoms. The van der Waals surface area contributed by atoms with E-state index in [1.54, 1.807) is 11.8 Å². The summed E-state index contributed by atoms with van der Waals surface area (Å²) in [6.07, 6.45) is 6.15. The Bertz CT molecular complexity index is 536. The van der Waals surface area contributed by atoms with Crippen molar-refractivity contribution in [3.63, 3.8) is 0 Å². The van der Waals surface area contributed by atoms with Crippen LogP contribution < -0.4 is 0 Å². The minimum atomic E-state index is 0.243. The third kappa shape index (κ3) is 6.40. The number of rotatable bonds is 10. The van der Waals surface area contributed by atoms with E-state index in [-0.39, 0.29) is 6.10 Å². The summed E-state index contributed by atoms with van der Waals surface area (Å²) in [7, 11) is 0. The second-order valence-electron chi connectivity index (χ2n) is 5.84. The lowest BCUT2D eigenvalue weighted by atomic mass is 10.1. The highest BCUT2D eigenvalue weighted by Gasteiger charge is 2.11. The van der Waals surface area contributed by atoms with Crippen molar-refractivity contribution < 1.29 is 4.74 Å². The zero-order chi connectivity index (χ0) is 16.3. The first kappa shape index (κ1) is 18.1. The molecule has 1 atom stereocenters. The second-order valence-corrected chi connectivity index (χ2v) is 6.99. The molecule has 0 amide bonds. The molecule has 0 aliphatic heterocycles. The number of hydrogen-bond donors (Lipinski definition) is 0. The molecule has 0 saturated heterocycles. The summed E-state index contributed by atoms with van der Waals surface area (Å²) < 4.78 is 6.12. The van der Waals surface area contributed by atoms with Gasteiger partial charge in [-0.15, -0.1) is 0 Å². The maximum absolute atomic E-state index is 6.12. The van der Waals surface area contributed by atoms with Gasteiger partial charge in [0.1, 0.15) is 0 Å². The van der Waals surface area contributed by atoms with E-state index in [2.05, 4.69) is 68.4 Å². The van der Waals surface area contributed by atoms with Crippen molar-refractivity contribution in [1.82, 2.24) is 0 Å². The standard InChI is InChI=1S/C21H28OS/c1-3-5-9-17-22-21(10-4-2)18-13-15-20(16-14-18)23-19-11-7-6-8-12-19/h6-8,11-16,21H,3-5,9-10,17H2,1-2H3. The molecule has 0 heterocycles. The van der Waals surface area contributed by atoms with Gasteiger partial charge in [-0.05, 0) is 42.7 Å². The molecule has 0 saturated carbocycles. The van der Waals surface area contributed by atoms with Crippen LogP contribution in [0.1, 0.15) is 57.6 Å². The second kappa shape index (κ2) is 10.5. The molecule has 2 rings (SSSR count). The minimum Gasteiger partial charge on any atom is -0.374 e. The van der Waals surface area contributed by atoms with Crippen molar-refractivity contribution in [1.29, 1.82) is 0 Å². The van der Waals surface area contributed by atoms with Crippen molar-refractivity contribution in [2.24, 2.45) is 0 Å². The van der Waals surface area contributed by atoms with Gasteiger partial charge in [0.2, 0.25) is 0 Å². The van der Waals surface area contributed by atoms with Crippen LogP contribution in [-0.2, 0) is 4.74 Å². The van der Waals surface area contributed by atoms with Gasteiger partial charge in [0.25, 0.3) is 0 Å². The lowest BCUT2D eigenvalue weighted by Crippen LogP contribution is -2.05. The molecule has 2 aromatic rings. The SMILES string of the molecule is CCCCCOC(CCC)c1ccc(Sc2ccccc2)cc1. The fourth-order valence-electron chi connectivity index (χ4n) is 2.56. The fourth-order valence-corrected chi connectivity index (χ4v) is 3.40. The van der Waals surface area contributed by atoms with Gasteiger partial charge in [-0.1, -0.05) is 75.2 Å². The van der Waals surface area contributed by atoms with Crippen LogP contribution in [0.2, 0.25) is 0 Å². The monoisotopic (exact) mass is 328 g/mol. The first-order valence-corrected chi connectivity index (χ1v) is 9.59. The van der Waals surface area contributed by atoms with Crippen LogP contribution >= 0.6 is 11.8 Å². The van der Waals surface area contributed by atoms with Crippen LogP contribution in [0.3, 0.4) is 0 Å². The van der Waals surface area contributed by atoms with Gasteiger partial charge in [0.05, 0.1) is 6.10 Å². The smallest absolute Gasteiger partial charge is 0.0824 e. The molecule has 124 valence electrons. The van der Waals surface area contributed by atoms with E-state index >= 15 is 0 Å². The van der Waals surface area contributed by atoms with Crippen LogP contribution in [0.4, 0.5) is 0 Å². The zero-order valence-corrected chi connectivity index (χ0v) is 15.1. The Kier molecular flexibility index (Phi) is 8.27. The molecule has 1 unspecified atom stereocenters. The average Bonchev–Trinajstić information content (AvgIpc) is 2.59. The molecule has 0 spiro atoms. The molecule has 1 nitrogen and oxygen atoms in total. The molecule has 0 fully saturated rings. The third-order valence-corrected chi connectivity index (χ3v) is 4.86. The van der Waals surface area contributed by atoms with Gasteiger partial charge in [-0.2, -0.15) is 0 Å². The van der Waals surface area contributed by atoms with Crippen molar-refractivity contribution in [2.75, 3.05) is 6.61 Å². The van der Waals surface area contributed by atoms with E-state index in [1.165, 1.54) is 34.6 Å². The molecule has 2 aromatic carbocycles. The summed E-state index contributed by atoms with van der Waals surface area (Å²) in [6.45, 7) is 5.33. The Balaban J connectivity index is 1.94. The van der Waals surface area contributed by atoms with Crippen molar-refractivity contribution in [2.45, 2.75) is 61.8 Å². The lowest BCUT2D eigenvalue weighted by molar-refractivity contribution is 0.0436. The van der Waals surface area contributed by atoms with Crippen molar-refractivity contribution >= 4 is 11.8 Å².